The van der Waals surface area contributed by atoms with Crippen molar-refractivity contribution in [2.45, 2.75) is 58.8 Å². The second kappa shape index (κ2) is 7.28. The van der Waals surface area contributed by atoms with Gasteiger partial charge in [0.2, 0.25) is 5.88 Å². The van der Waals surface area contributed by atoms with Gasteiger partial charge < -0.3 is 4.74 Å². The quantitative estimate of drug-likeness (QED) is 0.752. The summed E-state index contributed by atoms with van der Waals surface area (Å²) in [6, 6.07) is 4.19. The van der Waals surface area contributed by atoms with Gasteiger partial charge in [-0.3, -0.25) is 0 Å². The van der Waals surface area contributed by atoms with Crippen LogP contribution in [-0.4, -0.2) is 11.6 Å². The number of hydrogen-bond donors (Lipinski definition) is 0. The van der Waals surface area contributed by atoms with E-state index in [1.165, 1.54) is 24.8 Å². The second-order valence-corrected chi connectivity index (χ2v) is 5.64. The summed E-state index contributed by atoms with van der Waals surface area (Å²) < 4.78 is 5.87. The summed E-state index contributed by atoms with van der Waals surface area (Å²) in [5.74, 6) is 1.11. The van der Waals surface area contributed by atoms with Gasteiger partial charge in [-0.25, -0.2) is 4.98 Å². The lowest BCUT2D eigenvalue weighted by Gasteiger charge is -2.16. The predicted octanol–water partition coefficient (Wildman–Crippen LogP) is 4.04. The van der Waals surface area contributed by atoms with E-state index in [-0.39, 0.29) is 0 Å². The van der Waals surface area contributed by atoms with Gasteiger partial charge in [0.15, 0.2) is 0 Å². The standard InChI is InChI=1S/C17H24N2O/c1-3-5-7-13(4-2)12-20-17-15(11-18)10-14-8-6-9-16(14)19-17/h10,13H,3-9,12H2,1-2H3. The molecule has 0 saturated carbocycles. The number of aryl methyl sites for hydroxylation is 2. The molecule has 0 aromatic carbocycles. The van der Waals surface area contributed by atoms with Crippen molar-refractivity contribution >= 4 is 0 Å². The number of hydrogen-bond acceptors (Lipinski definition) is 3. The lowest BCUT2D eigenvalue weighted by molar-refractivity contribution is 0.225. The summed E-state index contributed by atoms with van der Waals surface area (Å²) >= 11 is 0. The highest BCUT2D eigenvalue weighted by Crippen LogP contribution is 2.26. The average molecular weight is 272 g/mol. The molecule has 0 saturated heterocycles. The fraction of sp³-hybridized carbons (Fsp3) is 0.647. The van der Waals surface area contributed by atoms with Crippen molar-refractivity contribution in [2.75, 3.05) is 6.61 Å². The summed E-state index contributed by atoms with van der Waals surface area (Å²) in [6.45, 7) is 5.09. The van der Waals surface area contributed by atoms with Crippen LogP contribution in [0.5, 0.6) is 5.88 Å². The number of fused-ring (bicyclic) bond motifs is 1. The van der Waals surface area contributed by atoms with Crippen LogP contribution < -0.4 is 4.74 Å². The van der Waals surface area contributed by atoms with Gasteiger partial charge in [-0.2, -0.15) is 5.26 Å². The molecule has 0 bridgehead atoms. The second-order valence-electron chi connectivity index (χ2n) is 5.64. The lowest BCUT2D eigenvalue weighted by atomic mass is 10.0. The summed E-state index contributed by atoms with van der Waals surface area (Å²) in [6.07, 6.45) is 7.98. The number of rotatable bonds is 7. The maximum absolute atomic E-state index is 9.24. The average Bonchev–Trinajstić information content (AvgIpc) is 2.93. The van der Waals surface area contributed by atoms with Crippen molar-refractivity contribution in [3.05, 3.63) is 22.9 Å². The Kier molecular flexibility index (Phi) is 5.40. The summed E-state index contributed by atoms with van der Waals surface area (Å²) in [4.78, 5) is 4.57. The summed E-state index contributed by atoms with van der Waals surface area (Å²) in [7, 11) is 0. The minimum Gasteiger partial charge on any atom is -0.476 e. The summed E-state index contributed by atoms with van der Waals surface area (Å²) in [5.41, 5.74) is 2.95. The topological polar surface area (TPSA) is 45.9 Å². The van der Waals surface area contributed by atoms with Crippen molar-refractivity contribution in [1.29, 1.82) is 5.26 Å². The Hall–Kier alpha value is -1.56. The number of unbranched alkanes of at least 4 members (excludes halogenated alkanes) is 1. The third-order valence-electron chi connectivity index (χ3n) is 4.14. The molecule has 108 valence electrons. The van der Waals surface area contributed by atoms with Gasteiger partial charge in [0.1, 0.15) is 11.6 Å². The SMILES string of the molecule is CCCCC(CC)COc1nc2c(cc1C#N)CCC2. The molecule has 0 fully saturated rings. The van der Waals surface area contributed by atoms with Crippen LogP contribution in [0.15, 0.2) is 6.07 Å². The molecule has 0 amide bonds. The van der Waals surface area contributed by atoms with Crippen LogP contribution in [0.1, 0.15) is 62.8 Å². The van der Waals surface area contributed by atoms with Crippen molar-refractivity contribution in [2.24, 2.45) is 5.92 Å². The molecule has 1 aliphatic rings. The zero-order chi connectivity index (χ0) is 14.4. The van der Waals surface area contributed by atoms with Gasteiger partial charge in [0, 0.05) is 5.69 Å². The van der Waals surface area contributed by atoms with Crippen molar-refractivity contribution in [3.8, 4) is 11.9 Å². The van der Waals surface area contributed by atoms with Crippen LogP contribution in [-0.2, 0) is 12.8 Å². The largest absolute Gasteiger partial charge is 0.476 e. The van der Waals surface area contributed by atoms with Gasteiger partial charge in [-0.05, 0) is 43.2 Å². The molecule has 0 aliphatic heterocycles. The van der Waals surface area contributed by atoms with E-state index in [2.05, 4.69) is 24.9 Å². The Morgan fingerprint density at radius 3 is 2.95 bits per heavy atom. The van der Waals surface area contributed by atoms with Crippen LogP contribution in [0, 0.1) is 17.2 Å². The Morgan fingerprint density at radius 1 is 1.40 bits per heavy atom. The third-order valence-corrected chi connectivity index (χ3v) is 4.14. The fourth-order valence-electron chi connectivity index (χ4n) is 2.74. The molecule has 1 unspecified atom stereocenters. The third kappa shape index (κ3) is 3.50. The number of aromatic nitrogens is 1. The molecule has 20 heavy (non-hydrogen) atoms. The van der Waals surface area contributed by atoms with Crippen LogP contribution in [0.4, 0.5) is 0 Å². The number of pyridine rings is 1. The lowest BCUT2D eigenvalue weighted by Crippen LogP contribution is -2.13. The highest BCUT2D eigenvalue weighted by atomic mass is 16.5. The van der Waals surface area contributed by atoms with Crippen molar-refractivity contribution < 1.29 is 4.74 Å². The molecule has 0 radical (unpaired) electrons. The van der Waals surface area contributed by atoms with Gasteiger partial charge in [-0.15, -0.1) is 0 Å². The molecular formula is C17H24N2O. The minimum atomic E-state index is 0.545. The zero-order valence-electron chi connectivity index (χ0n) is 12.6. The Balaban J connectivity index is 2.03. The minimum absolute atomic E-state index is 0.545. The summed E-state index contributed by atoms with van der Waals surface area (Å²) in [5, 5.41) is 9.24. The Labute approximate surface area is 122 Å². The van der Waals surface area contributed by atoms with E-state index < -0.39 is 0 Å². The molecule has 1 heterocycles. The van der Waals surface area contributed by atoms with Gasteiger partial charge >= 0.3 is 0 Å². The van der Waals surface area contributed by atoms with Crippen LogP contribution >= 0.6 is 0 Å². The highest BCUT2D eigenvalue weighted by Gasteiger charge is 2.18. The maximum atomic E-state index is 9.24. The van der Waals surface area contributed by atoms with Crippen LogP contribution in [0.3, 0.4) is 0 Å². The van der Waals surface area contributed by atoms with E-state index in [4.69, 9.17) is 4.74 Å². The normalized spacial score (nSPS) is 14.7. The predicted molar refractivity (Wildman–Crippen MR) is 79.8 cm³/mol. The molecule has 2 rings (SSSR count). The molecule has 1 atom stereocenters. The molecule has 3 nitrogen and oxygen atoms in total. The van der Waals surface area contributed by atoms with Crippen LogP contribution in [0.25, 0.3) is 0 Å². The fourth-order valence-corrected chi connectivity index (χ4v) is 2.74. The first kappa shape index (κ1) is 14.8. The van der Waals surface area contributed by atoms with Crippen molar-refractivity contribution in [3.63, 3.8) is 0 Å². The van der Waals surface area contributed by atoms with Gasteiger partial charge in [-0.1, -0.05) is 33.1 Å². The van der Waals surface area contributed by atoms with Gasteiger partial charge in [0.05, 0.1) is 6.61 Å². The first-order valence-electron chi connectivity index (χ1n) is 7.84. The van der Waals surface area contributed by atoms with E-state index in [0.717, 1.165) is 31.4 Å². The Morgan fingerprint density at radius 2 is 2.25 bits per heavy atom. The number of nitriles is 1. The highest BCUT2D eigenvalue weighted by molar-refractivity contribution is 5.44. The maximum Gasteiger partial charge on any atom is 0.231 e. The number of nitrogens with zero attached hydrogens (tertiary/aromatic N) is 2. The van der Waals surface area contributed by atoms with Crippen LogP contribution in [0.2, 0.25) is 0 Å². The first-order chi connectivity index (χ1) is 9.78. The van der Waals surface area contributed by atoms with E-state index >= 15 is 0 Å². The van der Waals surface area contributed by atoms with E-state index in [9.17, 15) is 5.26 Å². The Bertz CT molecular complexity index is 490. The zero-order valence-corrected chi connectivity index (χ0v) is 12.6. The van der Waals surface area contributed by atoms with Gasteiger partial charge in [0.25, 0.3) is 0 Å². The smallest absolute Gasteiger partial charge is 0.231 e. The molecular weight excluding hydrogens is 248 g/mol. The molecule has 1 aromatic heterocycles. The van der Waals surface area contributed by atoms with E-state index in [1.54, 1.807) is 0 Å². The van der Waals surface area contributed by atoms with E-state index in [1.807, 2.05) is 6.07 Å². The van der Waals surface area contributed by atoms with E-state index in [0.29, 0.717) is 24.0 Å². The monoisotopic (exact) mass is 272 g/mol. The molecule has 1 aliphatic carbocycles. The molecule has 3 heteroatoms. The van der Waals surface area contributed by atoms with Crippen molar-refractivity contribution in [1.82, 2.24) is 4.98 Å². The molecule has 0 spiro atoms. The molecule has 1 aromatic rings. The number of ether oxygens (including phenoxy) is 1. The molecule has 0 N–H and O–H groups in total. The first-order valence-corrected chi connectivity index (χ1v) is 7.84.